The largest absolute Gasteiger partial charge is 0.462 e. The Morgan fingerprint density at radius 2 is 0.902 bits per heavy atom. The third kappa shape index (κ3) is 44.2. The molecule has 0 fully saturated rings. The molecule has 3 atom stereocenters. The number of rotatable bonds is 47. The van der Waals surface area contributed by atoms with Gasteiger partial charge >= 0.3 is 5.97 Å². The summed E-state index contributed by atoms with van der Waals surface area (Å²) in [6, 6.07) is -0.707. The molecule has 0 saturated carbocycles. The van der Waals surface area contributed by atoms with Crippen molar-refractivity contribution >= 4 is 11.9 Å². The van der Waals surface area contributed by atoms with Gasteiger partial charge in [0.2, 0.25) is 5.91 Å². The molecule has 3 unspecified atom stereocenters. The fourth-order valence-corrected chi connectivity index (χ4v) is 7.96. The van der Waals surface area contributed by atoms with Crippen molar-refractivity contribution in [3.8, 4) is 0 Å². The zero-order valence-electron chi connectivity index (χ0n) is 40.5. The summed E-state index contributed by atoms with van der Waals surface area (Å²) in [5, 5.41) is 23.7. The van der Waals surface area contributed by atoms with Crippen LogP contribution in [0.4, 0.5) is 0 Å². The second-order valence-corrected chi connectivity index (χ2v) is 18.0. The van der Waals surface area contributed by atoms with Gasteiger partial charge in [-0.2, -0.15) is 0 Å². The van der Waals surface area contributed by atoms with Crippen molar-refractivity contribution in [2.45, 2.75) is 283 Å². The van der Waals surface area contributed by atoms with E-state index in [1.807, 2.05) is 0 Å². The molecule has 0 aliphatic rings. The van der Waals surface area contributed by atoms with Gasteiger partial charge < -0.3 is 20.3 Å². The van der Waals surface area contributed by atoms with Crippen molar-refractivity contribution in [3.63, 3.8) is 0 Å². The van der Waals surface area contributed by atoms with Gasteiger partial charge in [0.25, 0.3) is 0 Å². The van der Waals surface area contributed by atoms with Crippen molar-refractivity contribution in [1.29, 1.82) is 0 Å². The van der Waals surface area contributed by atoms with E-state index in [9.17, 15) is 19.8 Å². The van der Waals surface area contributed by atoms with Crippen LogP contribution < -0.4 is 5.32 Å². The topological polar surface area (TPSA) is 95.9 Å². The fraction of sp³-hybridized carbons (Fsp3) is 0.818. The summed E-state index contributed by atoms with van der Waals surface area (Å²) < 4.78 is 5.93. The minimum Gasteiger partial charge on any atom is -0.462 e. The van der Waals surface area contributed by atoms with Crippen LogP contribution in [-0.2, 0) is 14.3 Å². The predicted molar refractivity (Wildman–Crippen MR) is 264 cm³/mol. The lowest BCUT2D eigenvalue weighted by atomic mass is 10.0. The van der Waals surface area contributed by atoms with E-state index in [-0.39, 0.29) is 24.9 Å². The van der Waals surface area contributed by atoms with Crippen molar-refractivity contribution in [1.82, 2.24) is 5.32 Å². The van der Waals surface area contributed by atoms with Crippen LogP contribution in [0, 0.1) is 0 Å². The Balaban J connectivity index is 4.52. The standard InChI is InChI=1S/C55H101NO5/c1-4-7-10-13-16-19-22-24-25-26-27-28-29-31-33-36-39-42-45-48-55(60)61-51(46-43-40-37-34-32-30-23-20-17-14-11-8-5-2)49-54(59)56-52(50-57)53(58)47-44-41-38-35-21-18-15-12-9-6-3/h8,11,14,17,20,23-25,51-53,57-58H,4-7,9-10,12-13,15-16,18-19,21-22,26-50H2,1-3H3,(H,56,59)/b11-8+,17-14+,23-20+,25-24+. The highest BCUT2D eigenvalue weighted by molar-refractivity contribution is 5.77. The number of carbonyl (C=O) groups is 2. The number of allylic oxidation sites excluding steroid dienone is 8. The Morgan fingerprint density at radius 3 is 1.38 bits per heavy atom. The smallest absolute Gasteiger partial charge is 0.306 e. The van der Waals surface area contributed by atoms with Crippen LogP contribution in [0.5, 0.6) is 0 Å². The maximum Gasteiger partial charge on any atom is 0.306 e. The SMILES string of the molecule is CC/C=C/C=C/C=C/CCCCCCCC(CC(=O)NC(CO)C(O)CCCCCCCCCCCC)OC(=O)CCCCCCCCCCC/C=C/CCCCCCCC. The van der Waals surface area contributed by atoms with Gasteiger partial charge in [0.1, 0.15) is 6.10 Å². The Labute approximate surface area is 378 Å². The van der Waals surface area contributed by atoms with E-state index in [0.717, 1.165) is 83.5 Å². The number of nitrogens with one attached hydrogen (secondary N) is 1. The van der Waals surface area contributed by atoms with Crippen LogP contribution in [0.25, 0.3) is 0 Å². The van der Waals surface area contributed by atoms with Crippen LogP contribution in [0.2, 0.25) is 0 Å². The molecule has 356 valence electrons. The number of aliphatic hydroxyl groups is 2. The number of hydrogen-bond donors (Lipinski definition) is 3. The Hall–Kier alpha value is -2.18. The molecule has 1 amide bonds. The summed E-state index contributed by atoms with van der Waals surface area (Å²) in [6.07, 6.45) is 58.9. The molecular weight excluding hydrogens is 755 g/mol. The van der Waals surface area contributed by atoms with E-state index in [1.54, 1.807) is 0 Å². The zero-order chi connectivity index (χ0) is 44.5. The van der Waals surface area contributed by atoms with Crippen LogP contribution in [0.3, 0.4) is 0 Å². The first-order valence-corrected chi connectivity index (χ1v) is 26.4. The first-order chi connectivity index (χ1) is 30.0. The summed E-state index contributed by atoms with van der Waals surface area (Å²) in [5.74, 6) is -0.491. The Bertz CT molecular complexity index is 1050. The lowest BCUT2D eigenvalue weighted by molar-refractivity contribution is -0.151. The van der Waals surface area contributed by atoms with Crippen molar-refractivity contribution in [2.75, 3.05) is 6.61 Å². The number of carbonyl (C=O) groups excluding carboxylic acids is 2. The lowest BCUT2D eigenvalue weighted by Crippen LogP contribution is -2.46. The summed E-state index contributed by atoms with van der Waals surface area (Å²) in [7, 11) is 0. The molecule has 0 rings (SSSR count). The summed E-state index contributed by atoms with van der Waals surface area (Å²) in [6.45, 7) is 6.34. The summed E-state index contributed by atoms with van der Waals surface area (Å²) >= 11 is 0. The molecule has 0 aromatic heterocycles. The van der Waals surface area contributed by atoms with Crippen molar-refractivity contribution in [2.24, 2.45) is 0 Å². The molecule has 0 spiro atoms. The van der Waals surface area contributed by atoms with Crippen LogP contribution in [0.15, 0.2) is 48.6 Å². The van der Waals surface area contributed by atoms with Gasteiger partial charge in [0.05, 0.1) is 25.2 Å². The summed E-state index contributed by atoms with van der Waals surface area (Å²) in [5.41, 5.74) is 0. The zero-order valence-corrected chi connectivity index (χ0v) is 40.5. The van der Waals surface area contributed by atoms with Gasteiger partial charge in [-0.15, -0.1) is 0 Å². The van der Waals surface area contributed by atoms with Crippen LogP contribution in [0.1, 0.15) is 265 Å². The fourth-order valence-electron chi connectivity index (χ4n) is 7.96. The molecule has 0 aliphatic heterocycles. The maximum absolute atomic E-state index is 13.2. The molecule has 0 saturated heterocycles. The summed E-state index contributed by atoms with van der Waals surface area (Å²) in [4.78, 5) is 26.1. The molecular formula is C55H101NO5. The molecule has 6 nitrogen and oxygen atoms in total. The third-order valence-electron chi connectivity index (χ3n) is 12.0. The van der Waals surface area contributed by atoms with E-state index in [2.05, 4.69) is 74.7 Å². The predicted octanol–water partition coefficient (Wildman–Crippen LogP) is 15.8. The number of amides is 1. The second kappa shape index (κ2) is 48.8. The van der Waals surface area contributed by atoms with Crippen molar-refractivity contribution in [3.05, 3.63) is 48.6 Å². The molecule has 0 aliphatic carbocycles. The van der Waals surface area contributed by atoms with Gasteiger partial charge in [-0.1, -0.05) is 230 Å². The molecule has 3 N–H and O–H groups in total. The highest BCUT2D eigenvalue weighted by Gasteiger charge is 2.24. The number of hydrogen-bond acceptors (Lipinski definition) is 5. The third-order valence-corrected chi connectivity index (χ3v) is 12.0. The number of esters is 1. The van der Waals surface area contributed by atoms with Crippen LogP contribution >= 0.6 is 0 Å². The molecule has 61 heavy (non-hydrogen) atoms. The monoisotopic (exact) mass is 856 g/mol. The van der Waals surface area contributed by atoms with E-state index < -0.39 is 18.2 Å². The van der Waals surface area contributed by atoms with Gasteiger partial charge in [0.15, 0.2) is 0 Å². The van der Waals surface area contributed by atoms with E-state index in [4.69, 9.17) is 4.74 Å². The average Bonchev–Trinajstić information content (AvgIpc) is 3.25. The maximum atomic E-state index is 13.2. The normalized spacial score (nSPS) is 13.6. The minimum absolute atomic E-state index is 0.0639. The number of ether oxygens (including phenoxy) is 1. The van der Waals surface area contributed by atoms with E-state index in [0.29, 0.717) is 19.3 Å². The van der Waals surface area contributed by atoms with Gasteiger partial charge in [-0.25, -0.2) is 0 Å². The average molecular weight is 856 g/mol. The molecule has 6 heteroatoms. The molecule has 0 aromatic carbocycles. The first kappa shape index (κ1) is 58.8. The van der Waals surface area contributed by atoms with Crippen molar-refractivity contribution < 1.29 is 24.5 Å². The Kier molecular flexibility index (Phi) is 47.1. The highest BCUT2D eigenvalue weighted by atomic mass is 16.5. The number of aliphatic hydroxyl groups excluding tert-OH is 2. The second-order valence-electron chi connectivity index (χ2n) is 18.0. The quantitative estimate of drug-likeness (QED) is 0.0245. The molecule has 0 radical (unpaired) electrons. The van der Waals surface area contributed by atoms with Gasteiger partial charge in [-0.05, 0) is 70.6 Å². The molecule has 0 bridgehead atoms. The van der Waals surface area contributed by atoms with Gasteiger partial charge in [-0.3, -0.25) is 9.59 Å². The lowest BCUT2D eigenvalue weighted by Gasteiger charge is -2.24. The van der Waals surface area contributed by atoms with Gasteiger partial charge in [0, 0.05) is 6.42 Å². The van der Waals surface area contributed by atoms with Crippen LogP contribution in [-0.4, -0.2) is 46.9 Å². The number of unbranched alkanes of at least 4 members (excludes halogenated alkanes) is 29. The van der Waals surface area contributed by atoms with E-state index in [1.165, 1.54) is 135 Å². The molecule has 0 aromatic rings. The molecule has 0 heterocycles. The minimum atomic E-state index is -0.792. The Morgan fingerprint density at radius 1 is 0.492 bits per heavy atom. The highest BCUT2D eigenvalue weighted by Crippen LogP contribution is 2.18. The first-order valence-electron chi connectivity index (χ1n) is 26.4. The van der Waals surface area contributed by atoms with E-state index >= 15 is 0 Å².